The van der Waals surface area contributed by atoms with E-state index in [2.05, 4.69) is 17.6 Å². The number of ether oxygens (including phenoxy) is 1. The van der Waals surface area contributed by atoms with Crippen molar-refractivity contribution in [1.82, 2.24) is 5.32 Å². The zero-order valence-corrected chi connectivity index (χ0v) is 11.7. The van der Waals surface area contributed by atoms with Crippen LogP contribution in [0.1, 0.15) is 28.8 Å². The summed E-state index contributed by atoms with van der Waals surface area (Å²) in [5.41, 5.74) is 2.91. The zero-order valence-electron chi connectivity index (χ0n) is 11.7. The molecule has 4 heteroatoms. The second kappa shape index (κ2) is 6.57. The van der Waals surface area contributed by atoms with Gasteiger partial charge in [0.25, 0.3) is 5.91 Å². The van der Waals surface area contributed by atoms with Crippen molar-refractivity contribution in [3.8, 4) is 0 Å². The fourth-order valence-electron chi connectivity index (χ4n) is 2.30. The molecule has 0 aliphatic carbocycles. The minimum absolute atomic E-state index is 0.0471. The van der Waals surface area contributed by atoms with Gasteiger partial charge in [-0.1, -0.05) is 6.07 Å². The lowest BCUT2D eigenvalue weighted by Crippen LogP contribution is -2.23. The summed E-state index contributed by atoms with van der Waals surface area (Å²) in [6.07, 6.45) is 2.22. The molecule has 1 fully saturated rings. The van der Waals surface area contributed by atoms with Crippen molar-refractivity contribution in [2.24, 2.45) is 5.92 Å². The van der Waals surface area contributed by atoms with Gasteiger partial charge in [0.05, 0.1) is 0 Å². The summed E-state index contributed by atoms with van der Waals surface area (Å²) in [4.78, 5) is 11.6. The zero-order chi connectivity index (χ0) is 13.7. The Bertz CT molecular complexity index is 440. The molecule has 1 aliphatic rings. The molecule has 0 saturated carbocycles. The molecule has 104 valence electrons. The van der Waals surface area contributed by atoms with E-state index in [9.17, 15) is 4.79 Å². The lowest BCUT2D eigenvalue weighted by Gasteiger charge is -2.23. The van der Waals surface area contributed by atoms with Gasteiger partial charge < -0.3 is 15.4 Å². The largest absolute Gasteiger partial charge is 0.385 e. The van der Waals surface area contributed by atoms with Crippen molar-refractivity contribution in [3.63, 3.8) is 0 Å². The van der Waals surface area contributed by atoms with E-state index in [1.165, 1.54) is 5.56 Å². The molecule has 1 saturated heterocycles. The Labute approximate surface area is 114 Å². The van der Waals surface area contributed by atoms with Gasteiger partial charge in [0.15, 0.2) is 0 Å². The third kappa shape index (κ3) is 3.70. The summed E-state index contributed by atoms with van der Waals surface area (Å²) >= 11 is 0. The number of amides is 1. The first-order chi connectivity index (χ1) is 9.20. The fourth-order valence-corrected chi connectivity index (χ4v) is 2.30. The van der Waals surface area contributed by atoms with Crippen molar-refractivity contribution in [2.45, 2.75) is 19.8 Å². The number of rotatable bonds is 4. The van der Waals surface area contributed by atoms with E-state index in [1.807, 2.05) is 18.2 Å². The predicted molar refractivity (Wildman–Crippen MR) is 76.6 cm³/mol. The van der Waals surface area contributed by atoms with Crippen LogP contribution in [-0.4, -0.2) is 32.7 Å². The molecule has 0 atom stereocenters. The molecule has 1 amide bonds. The number of aryl methyl sites for hydroxylation is 1. The summed E-state index contributed by atoms with van der Waals surface area (Å²) in [6.45, 7) is 4.73. The van der Waals surface area contributed by atoms with Gasteiger partial charge in [-0.25, -0.2) is 0 Å². The van der Waals surface area contributed by atoms with Gasteiger partial charge in [-0.15, -0.1) is 0 Å². The average molecular weight is 262 g/mol. The number of hydrogen-bond acceptors (Lipinski definition) is 3. The molecule has 2 N–H and O–H groups in total. The van der Waals surface area contributed by atoms with Crippen LogP contribution in [0.4, 0.5) is 5.69 Å². The number of carbonyl (C=O) groups excluding carboxylic acids is 1. The van der Waals surface area contributed by atoms with Crippen molar-refractivity contribution in [2.75, 3.05) is 32.1 Å². The SMILES string of the molecule is CNC(=O)c1ccc(C)c(NCC2CCOCC2)c1. The molecule has 0 radical (unpaired) electrons. The molecule has 19 heavy (non-hydrogen) atoms. The van der Waals surface area contributed by atoms with Gasteiger partial charge >= 0.3 is 0 Å². The molecular formula is C15H22N2O2. The highest BCUT2D eigenvalue weighted by Crippen LogP contribution is 2.20. The van der Waals surface area contributed by atoms with E-state index in [1.54, 1.807) is 7.05 Å². The van der Waals surface area contributed by atoms with E-state index < -0.39 is 0 Å². The Morgan fingerprint density at radius 2 is 2.11 bits per heavy atom. The number of nitrogens with one attached hydrogen (secondary N) is 2. The van der Waals surface area contributed by atoms with E-state index in [0.29, 0.717) is 11.5 Å². The summed E-state index contributed by atoms with van der Waals surface area (Å²) in [7, 11) is 1.65. The monoisotopic (exact) mass is 262 g/mol. The minimum Gasteiger partial charge on any atom is -0.385 e. The molecule has 1 aliphatic heterocycles. The van der Waals surface area contributed by atoms with Gasteiger partial charge in [-0.3, -0.25) is 4.79 Å². The summed E-state index contributed by atoms with van der Waals surface area (Å²) < 4.78 is 5.36. The quantitative estimate of drug-likeness (QED) is 0.874. The van der Waals surface area contributed by atoms with E-state index in [4.69, 9.17) is 4.74 Å². The second-order valence-electron chi connectivity index (χ2n) is 5.05. The maximum atomic E-state index is 11.6. The minimum atomic E-state index is -0.0471. The topological polar surface area (TPSA) is 50.4 Å². The van der Waals surface area contributed by atoms with Crippen molar-refractivity contribution in [3.05, 3.63) is 29.3 Å². The van der Waals surface area contributed by atoms with Gasteiger partial charge in [-0.05, 0) is 43.4 Å². The Hall–Kier alpha value is -1.55. The van der Waals surface area contributed by atoms with Crippen LogP contribution in [0.25, 0.3) is 0 Å². The second-order valence-corrected chi connectivity index (χ2v) is 5.05. The molecule has 1 aromatic carbocycles. The van der Waals surface area contributed by atoms with Crippen LogP contribution < -0.4 is 10.6 Å². The van der Waals surface area contributed by atoms with Crippen LogP contribution in [0.15, 0.2) is 18.2 Å². The Morgan fingerprint density at radius 1 is 1.37 bits per heavy atom. The molecule has 0 bridgehead atoms. The molecule has 1 heterocycles. The highest BCUT2D eigenvalue weighted by atomic mass is 16.5. The fraction of sp³-hybridized carbons (Fsp3) is 0.533. The van der Waals surface area contributed by atoms with Crippen molar-refractivity contribution < 1.29 is 9.53 Å². The van der Waals surface area contributed by atoms with Crippen LogP contribution in [0.3, 0.4) is 0 Å². The highest BCUT2D eigenvalue weighted by molar-refractivity contribution is 5.95. The lowest BCUT2D eigenvalue weighted by atomic mass is 10.00. The first kappa shape index (κ1) is 13.9. The third-order valence-electron chi connectivity index (χ3n) is 3.65. The van der Waals surface area contributed by atoms with Gasteiger partial charge in [0.2, 0.25) is 0 Å². The first-order valence-electron chi connectivity index (χ1n) is 6.85. The van der Waals surface area contributed by atoms with Gasteiger partial charge in [0.1, 0.15) is 0 Å². The molecule has 1 aromatic rings. The molecular weight excluding hydrogens is 240 g/mol. The number of carbonyl (C=O) groups is 1. The van der Waals surface area contributed by atoms with Crippen LogP contribution in [0.2, 0.25) is 0 Å². The normalized spacial score (nSPS) is 16.1. The van der Waals surface area contributed by atoms with Crippen LogP contribution in [-0.2, 0) is 4.74 Å². The number of anilines is 1. The van der Waals surface area contributed by atoms with Crippen molar-refractivity contribution in [1.29, 1.82) is 0 Å². The van der Waals surface area contributed by atoms with Gasteiger partial charge in [0, 0.05) is 38.1 Å². The van der Waals surface area contributed by atoms with Gasteiger partial charge in [-0.2, -0.15) is 0 Å². The van der Waals surface area contributed by atoms with E-state index in [-0.39, 0.29) is 5.91 Å². The highest BCUT2D eigenvalue weighted by Gasteiger charge is 2.14. The summed E-state index contributed by atoms with van der Waals surface area (Å²) in [6, 6.07) is 5.76. The third-order valence-corrected chi connectivity index (χ3v) is 3.65. The first-order valence-corrected chi connectivity index (χ1v) is 6.85. The standard InChI is InChI=1S/C15H22N2O2/c1-11-3-4-13(15(18)16-2)9-14(11)17-10-12-5-7-19-8-6-12/h3-4,9,12,17H,5-8,10H2,1-2H3,(H,16,18). The number of benzene rings is 1. The Morgan fingerprint density at radius 3 is 2.79 bits per heavy atom. The lowest BCUT2D eigenvalue weighted by molar-refractivity contribution is 0.0699. The summed E-state index contributed by atoms with van der Waals surface area (Å²) in [5.74, 6) is 0.617. The molecule has 0 unspecified atom stereocenters. The Kier molecular flexibility index (Phi) is 4.80. The van der Waals surface area contributed by atoms with Crippen molar-refractivity contribution >= 4 is 11.6 Å². The maximum absolute atomic E-state index is 11.6. The molecule has 0 spiro atoms. The van der Waals surface area contributed by atoms with E-state index in [0.717, 1.165) is 38.3 Å². The molecule has 2 rings (SSSR count). The van der Waals surface area contributed by atoms with E-state index >= 15 is 0 Å². The molecule has 4 nitrogen and oxygen atoms in total. The smallest absolute Gasteiger partial charge is 0.251 e. The van der Waals surface area contributed by atoms with Crippen LogP contribution in [0.5, 0.6) is 0 Å². The maximum Gasteiger partial charge on any atom is 0.251 e. The van der Waals surface area contributed by atoms with Crippen LogP contribution in [0, 0.1) is 12.8 Å². The molecule has 0 aromatic heterocycles. The Balaban J connectivity index is 2.00. The summed E-state index contributed by atoms with van der Waals surface area (Å²) in [5, 5.41) is 6.12. The average Bonchev–Trinajstić information content (AvgIpc) is 2.46. The predicted octanol–water partition coefficient (Wildman–Crippen LogP) is 2.19. The van der Waals surface area contributed by atoms with Crippen LogP contribution >= 0.6 is 0 Å². The number of hydrogen-bond donors (Lipinski definition) is 2.